The van der Waals surface area contributed by atoms with Gasteiger partial charge < -0.3 is 20.1 Å². The fourth-order valence-electron chi connectivity index (χ4n) is 1.89. The maximum Gasteiger partial charge on any atom is 0.190 e. The zero-order valence-corrected chi connectivity index (χ0v) is 14.5. The summed E-state index contributed by atoms with van der Waals surface area (Å²) in [5.74, 6) is 0.400. The third-order valence-electron chi connectivity index (χ3n) is 3.12. The molecule has 0 aliphatic heterocycles. The van der Waals surface area contributed by atoms with Gasteiger partial charge in [-0.05, 0) is 30.5 Å². The molecule has 1 aromatic carbocycles. The summed E-state index contributed by atoms with van der Waals surface area (Å²) in [6, 6.07) is 4.44. The van der Waals surface area contributed by atoms with E-state index in [1.165, 1.54) is 12.1 Å². The molecule has 23 heavy (non-hydrogen) atoms. The van der Waals surface area contributed by atoms with Gasteiger partial charge in [0.1, 0.15) is 5.82 Å². The average molecular weight is 346 g/mol. The maximum absolute atomic E-state index is 13.0. The first-order chi connectivity index (χ1) is 11.2. The van der Waals surface area contributed by atoms with Crippen molar-refractivity contribution in [3.05, 3.63) is 34.6 Å². The smallest absolute Gasteiger partial charge is 0.190 e. The molecular weight excluding hydrogens is 321 g/mol. The van der Waals surface area contributed by atoms with Crippen LogP contribution in [-0.4, -0.2) is 53.0 Å². The van der Waals surface area contributed by atoms with Crippen molar-refractivity contribution in [1.82, 2.24) is 10.6 Å². The van der Waals surface area contributed by atoms with Crippen LogP contribution in [0.4, 0.5) is 4.39 Å². The van der Waals surface area contributed by atoms with Crippen LogP contribution in [0.15, 0.2) is 23.2 Å². The van der Waals surface area contributed by atoms with Gasteiger partial charge in [0.2, 0.25) is 0 Å². The molecule has 1 rings (SSSR count). The Hall–Kier alpha value is -1.37. The second kappa shape index (κ2) is 12.1. The van der Waals surface area contributed by atoms with Crippen molar-refractivity contribution in [3.8, 4) is 0 Å². The number of aliphatic imine (C=N–C) groups is 1. The quantitative estimate of drug-likeness (QED) is 0.388. The zero-order chi connectivity index (χ0) is 16.9. The Labute approximate surface area is 142 Å². The average Bonchev–Trinajstić information content (AvgIpc) is 2.54. The van der Waals surface area contributed by atoms with Gasteiger partial charge in [0.05, 0.1) is 13.2 Å². The largest absolute Gasteiger partial charge is 0.382 e. The van der Waals surface area contributed by atoms with E-state index in [-0.39, 0.29) is 5.82 Å². The Morgan fingerprint density at radius 3 is 2.70 bits per heavy atom. The van der Waals surface area contributed by atoms with Crippen molar-refractivity contribution in [3.63, 3.8) is 0 Å². The minimum atomic E-state index is -0.322. The molecule has 7 heteroatoms. The minimum Gasteiger partial charge on any atom is -0.382 e. The topological polar surface area (TPSA) is 54.9 Å². The van der Waals surface area contributed by atoms with Crippen LogP contribution < -0.4 is 10.6 Å². The van der Waals surface area contributed by atoms with E-state index >= 15 is 0 Å². The van der Waals surface area contributed by atoms with E-state index in [1.807, 2.05) is 0 Å². The summed E-state index contributed by atoms with van der Waals surface area (Å²) in [5.41, 5.74) is 0.905. The molecule has 0 bridgehead atoms. The number of benzene rings is 1. The van der Waals surface area contributed by atoms with E-state index < -0.39 is 0 Å². The van der Waals surface area contributed by atoms with Crippen molar-refractivity contribution in [1.29, 1.82) is 0 Å². The molecule has 0 spiro atoms. The molecule has 0 aromatic heterocycles. The number of ether oxygens (including phenoxy) is 2. The summed E-state index contributed by atoms with van der Waals surface area (Å²) in [4.78, 5) is 4.14. The number of guanidine groups is 1. The van der Waals surface area contributed by atoms with Gasteiger partial charge in [-0.15, -0.1) is 0 Å². The maximum atomic E-state index is 13.0. The van der Waals surface area contributed by atoms with Gasteiger partial charge in [0.25, 0.3) is 0 Å². The third-order valence-corrected chi connectivity index (χ3v) is 3.47. The van der Waals surface area contributed by atoms with Crippen molar-refractivity contribution in [2.45, 2.75) is 12.8 Å². The van der Waals surface area contributed by atoms with Gasteiger partial charge in [-0.2, -0.15) is 0 Å². The number of nitrogens with one attached hydrogen (secondary N) is 2. The number of rotatable bonds is 10. The summed E-state index contributed by atoms with van der Waals surface area (Å²) in [6.45, 7) is 3.34. The highest BCUT2D eigenvalue weighted by Gasteiger charge is 2.03. The SMILES string of the molecule is CN=C(NCCCOCCOC)NCCc1ccc(F)cc1Cl. The van der Waals surface area contributed by atoms with E-state index in [2.05, 4.69) is 15.6 Å². The fraction of sp³-hybridized carbons (Fsp3) is 0.562. The summed E-state index contributed by atoms with van der Waals surface area (Å²) in [7, 11) is 3.37. The molecule has 130 valence electrons. The van der Waals surface area contributed by atoms with Crippen LogP contribution in [0.2, 0.25) is 5.02 Å². The lowest BCUT2D eigenvalue weighted by atomic mass is 10.1. The first-order valence-electron chi connectivity index (χ1n) is 7.62. The molecular formula is C16H25ClFN3O2. The van der Waals surface area contributed by atoms with Gasteiger partial charge in [-0.3, -0.25) is 4.99 Å². The summed E-state index contributed by atoms with van der Waals surface area (Å²) in [5, 5.41) is 6.85. The molecule has 0 fully saturated rings. The zero-order valence-electron chi connectivity index (χ0n) is 13.7. The van der Waals surface area contributed by atoms with E-state index in [9.17, 15) is 4.39 Å². The highest BCUT2D eigenvalue weighted by Crippen LogP contribution is 2.17. The van der Waals surface area contributed by atoms with Crippen molar-refractivity contribution < 1.29 is 13.9 Å². The monoisotopic (exact) mass is 345 g/mol. The van der Waals surface area contributed by atoms with Crippen LogP contribution in [0.25, 0.3) is 0 Å². The summed E-state index contributed by atoms with van der Waals surface area (Å²) in [6.07, 6.45) is 1.58. The highest BCUT2D eigenvalue weighted by atomic mass is 35.5. The second-order valence-corrected chi connectivity index (χ2v) is 5.28. The first kappa shape index (κ1) is 19.7. The number of hydrogen-bond donors (Lipinski definition) is 2. The Morgan fingerprint density at radius 2 is 2.00 bits per heavy atom. The molecule has 0 radical (unpaired) electrons. The van der Waals surface area contributed by atoms with Gasteiger partial charge in [0.15, 0.2) is 5.96 Å². The van der Waals surface area contributed by atoms with Crippen molar-refractivity contribution >= 4 is 17.6 Å². The number of hydrogen-bond acceptors (Lipinski definition) is 3. The molecule has 0 saturated heterocycles. The molecule has 0 aliphatic carbocycles. The van der Waals surface area contributed by atoms with Crippen molar-refractivity contribution in [2.75, 3.05) is 47.1 Å². The molecule has 0 amide bonds. The number of nitrogens with zero attached hydrogens (tertiary/aromatic N) is 1. The summed E-state index contributed by atoms with van der Waals surface area (Å²) >= 11 is 6.00. The van der Waals surface area contributed by atoms with Gasteiger partial charge in [0, 0.05) is 38.9 Å². The van der Waals surface area contributed by atoms with Gasteiger partial charge in [-0.25, -0.2) is 4.39 Å². The van der Waals surface area contributed by atoms with E-state index in [0.29, 0.717) is 37.8 Å². The first-order valence-corrected chi connectivity index (χ1v) is 8.00. The highest BCUT2D eigenvalue weighted by molar-refractivity contribution is 6.31. The number of halogens is 2. The van der Waals surface area contributed by atoms with Crippen LogP contribution in [0.3, 0.4) is 0 Å². The van der Waals surface area contributed by atoms with Gasteiger partial charge >= 0.3 is 0 Å². The van der Waals surface area contributed by atoms with Crippen LogP contribution in [0.1, 0.15) is 12.0 Å². The van der Waals surface area contributed by atoms with Crippen LogP contribution in [-0.2, 0) is 15.9 Å². The molecule has 1 aromatic rings. The second-order valence-electron chi connectivity index (χ2n) is 4.87. The standard InChI is InChI=1S/C16H25ClFN3O2/c1-19-16(20-7-3-9-23-11-10-22-2)21-8-6-13-4-5-14(18)12-15(13)17/h4-5,12H,3,6-11H2,1-2H3,(H2,19,20,21). The Kier molecular flexibility index (Phi) is 10.4. The molecule has 0 heterocycles. The lowest BCUT2D eigenvalue weighted by Gasteiger charge is -2.12. The van der Waals surface area contributed by atoms with Crippen LogP contribution in [0, 0.1) is 5.82 Å². The third kappa shape index (κ3) is 8.74. The van der Waals surface area contributed by atoms with E-state index in [4.69, 9.17) is 21.1 Å². The summed E-state index contributed by atoms with van der Waals surface area (Å²) < 4.78 is 23.3. The molecule has 0 saturated carbocycles. The molecule has 5 nitrogen and oxygen atoms in total. The Morgan fingerprint density at radius 1 is 1.22 bits per heavy atom. The van der Waals surface area contributed by atoms with Gasteiger partial charge in [-0.1, -0.05) is 17.7 Å². The predicted molar refractivity (Wildman–Crippen MR) is 91.8 cm³/mol. The van der Waals surface area contributed by atoms with Crippen LogP contribution in [0.5, 0.6) is 0 Å². The minimum absolute atomic E-state index is 0.322. The molecule has 2 N–H and O–H groups in total. The molecule has 0 atom stereocenters. The van der Waals surface area contributed by atoms with E-state index in [0.717, 1.165) is 24.5 Å². The predicted octanol–water partition coefficient (Wildman–Crippen LogP) is 2.24. The Balaban J connectivity index is 2.16. The lowest BCUT2D eigenvalue weighted by Crippen LogP contribution is -2.39. The normalized spacial score (nSPS) is 11.6. The molecule has 0 unspecified atom stereocenters. The number of methoxy groups -OCH3 is 1. The lowest BCUT2D eigenvalue weighted by molar-refractivity contribution is 0.0698. The molecule has 0 aliphatic rings. The van der Waals surface area contributed by atoms with Crippen LogP contribution >= 0.6 is 11.6 Å². The van der Waals surface area contributed by atoms with E-state index in [1.54, 1.807) is 20.2 Å². The Bertz CT molecular complexity index is 486. The van der Waals surface area contributed by atoms with Crippen molar-refractivity contribution in [2.24, 2.45) is 4.99 Å². The fourth-order valence-corrected chi connectivity index (χ4v) is 2.15.